The van der Waals surface area contributed by atoms with Crippen LogP contribution >= 0.6 is 15.9 Å². The van der Waals surface area contributed by atoms with E-state index in [9.17, 15) is 14.4 Å². The van der Waals surface area contributed by atoms with E-state index < -0.39 is 0 Å². The van der Waals surface area contributed by atoms with Gasteiger partial charge in [-0.2, -0.15) is 0 Å². The second-order valence-electron chi connectivity index (χ2n) is 5.39. The Hall–Kier alpha value is -2.19. The number of nitrogens with one attached hydrogen (secondary N) is 2. The molecule has 0 saturated heterocycles. The van der Waals surface area contributed by atoms with Gasteiger partial charge in [-0.05, 0) is 24.3 Å². The molecule has 8 heteroatoms. The highest BCUT2D eigenvalue weighted by molar-refractivity contribution is 9.10. The first-order valence-corrected chi connectivity index (χ1v) is 8.19. The average molecular weight is 395 g/mol. The minimum absolute atomic E-state index is 0.113. The third-order valence-electron chi connectivity index (χ3n) is 3.49. The lowest BCUT2D eigenvalue weighted by Gasteiger charge is -2.08. The van der Waals surface area contributed by atoms with Crippen LogP contribution in [0, 0.1) is 0 Å². The molecule has 0 aliphatic heterocycles. The van der Waals surface area contributed by atoms with Gasteiger partial charge in [-0.3, -0.25) is 14.2 Å². The number of hydrogen-bond acceptors (Lipinski definition) is 4. The summed E-state index contributed by atoms with van der Waals surface area (Å²) in [6.07, 6.45) is 1.79. The molecule has 2 rings (SSSR count). The molecule has 1 aromatic heterocycles. The summed E-state index contributed by atoms with van der Waals surface area (Å²) < 4.78 is 3.37. The third-order valence-corrected chi connectivity index (χ3v) is 4.02. The van der Waals surface area contributed by atoms with Gasteiger partial charge in [0.15, 0.2) is 0 Å². The summed E-state index contributed by atoms with van der Waals surface area (Å²) in [6.45, 7) is 0.723. The van der Waals surface area contributed by atoms with Gasteiger partial charge < -0.3 is 15.2 Å². The molecular weight excluding hydrogens is 376 g/mol. The molecule has 0 unspecified atom stereocenters. The van der Waals surface area contributed by atoms with E-state index in [0.717, 1.165) is 14.7 Å². The zero-order valence-corrected chi connectivity index (χ0v) is 15.1. The Bertz CT molecular complexity index is 840. The Morgan fingerprint density at radius 2 is 1.83 bits per heavy atom. The molecule has 2 N–H and O–H groups in total. The summed E-state index contributed by atoms with van der Waals surface area (Å²) in [5, 5.41) is 5.84. The number of carbonyl (C=O) groups is 1. The molecule has 0 saturated carbocycles. The summed E-state index contributed by atoms with van der Waals surface area (Å²) >= 11 is 3.33. The molecule has 0 bridgehead atoms. The fraction of sp³-hybridized carbons (Fsp3) is 0.312. The average Bonchev–Trinajstić information content (AvgIpc) is 2.56. The molecule has 1 heterocycles. The van der Waals surface area contributed by atoms with Crippen molar-refractivity contribution < 1.29 is 4.79 Å². The van der Waals surface area contributed by atoms with Crippen LogP contribution in [0.3, 0.4) is 0 Å². The van der Waals surface area contributed by atoms with Crippen LogP contribution in [-0.2, 0) is 25.4 Å². The Kier molecular flexibility index (Phi) is 6.10. The second-order valence-corrected chi connectivity index (χ2v) is 6.31. The molecular formula is C16H19BrN4O3. The topological polar surface area (TPSA) is 85.1 Å². The van der Waals surface area contributed by atoms with Crippen molar-refractivity contribution in [1.29, 1.82) is 0 Å². The molecule has 128 valence electrons. The predicted octanol–water partition coefficient (Wildman–Crippen LogP) is 0.965. The van der Waals surface area contributed by atoms with E-state index in [1.54, 1.807) is 7.05 Å². The van der Waals surface area contributed by atoms with E-state index in [1.165, 1.54) is 17.8 Å². The molecule has 0 fully saturated rings. The number of nitrogens with zero attached hydrogens (tertiary/aromatic N) is 2. The van der Waals surface area contributed by atoms with Crippen LogP contribution in [0.4, 0.5) is 5.69 Å². The van der Waals surface area contributed by atoms with E-state index >= 15 is 0 Å². The van der Waals surface area contributed by atoms with Crippen LogP contribution in [0.5, 0.6) is 0 Å². The van der Waals surface area contributed by atoms with E-state index in [2.05, 4.69) is 26.6 Å². The van der Waals surface area contributed by atoms with Gasteiger partial charge in [0.25, 0.3) is 5.56 Å². The number of carbonyl (C=O) groups excluding carboxylic acids is 1. The normalized spacial score (nSPS) is 10.6. The maximum absolute atomic E-state index is 12.0. The molecule has 0 aliphatic rings. The van der Waals surface area contributed by atoms with Crippen molar-refractivity contribution in [2.45, 2.75) is 13.0 Å². The van der Waals surface area contributed by atoms with Crippen LogP contribution in [0.1, 0.15) is 12.0 Å². The smallest absolute Gasteiger partial charge is 0.326 e. The number of benzene rings is 1. The van der Waals surface area contributed by atoms with Gasteiger partial charge in [0, 0.05) is 55.5 Å². The molecule has 1 aromatic carbocycles. The van der Waals surface area contributed by atoms with Gasteiger partial charge in [-0.25, -0.2) is 4.79 Å². The van der Waals surface area contributed by atoms with Crippen molar-refractivity contribution in [2.24, 2.45) is 14.1 Å². The van der Waals surface area contributed by atoms with Gasteiger partial charge in [0.2, 0.25) is 5.91 Å². The number of anilines is 1. The lowest BCUT2D eigenvalue weighted by atomic mass is 10.3. The summed E-state index contributed by atoms with van der Waals surface area (Å²) in [5.41, 5.74) is 0.519. The molecule has 24 heavy (non-hydrogen) atoms. The van der Waals surface area contributed by atoms with Gasteiger partial charge in [-0.15, -0.1) is 0 Å². The number of hydrogen-bond donors (Lipinski definition) is 2. The van der Waals surface area contributed by atoms with Crippen molar-refractivity contribution >= 4 is 27.5 Å². The van der Waals surface area contributed by atoms with Crippen LogP contribution in [0.15, 0.2) is 44.5 Å². The lowest BCUT2D eigenvalue weighted by Crippen LogP contribution is -2.39. The molecule has 0 spiro atoms. The van der Waals surface area contributed by atoms with Crippen LogP contribution in [0.25, 0.3) is 0 Å². The zero-order valence-electron chi connectivity index (χ0n) is 13.5. The Morgan fingerprint density at radius 3 is 2.50 bits per heavy atom. The maximum Gasteiger partial charge on any atom is 0.330 e. The van der Waals surface area contributed by atoms with E-state index in [4.69, 9.17) is 0 Å². The Morgan fingerprint density at radius 1 is 1.17 bits per heavy atom. The van der Waals surface area contributed by atoms with Crippen molar-refractivity contribution in [3.63, 3.8) is 0 Å². The Balaban J connectivity index is 1.83. The number of rotatable bonds is 6. The standard InChI is InChI=1S/C16H19BrN4O3/c1-20-10-11(15(23)21(2)16(20)24)9-18-8-7-14(22)19-13-5-3-12(17)4-6-13/h3-6,10,18H,7-9H2,1-2H3,(H,19,22). The van der Waals surface area contributed by atoms with Gasteiger partial charge in [-0.1, -0.05) is 15.9 Å². The summed E-state index contributed by atoms with van der Waals surface area (Å²) in [6, 6.07) is 7.32. The monoisotopic (exact) mass is 394 g/mol. The summed E-state index contributed by atoms with van der Waals surface area (Å²) in [4.78, 5) is 35.4. The molecule has 0 radical (unpaired) electrons. The predicted molar refractivity (Wildman–Crippen MR) is 96.0 cm³/mol. The number of aromatic nitrogens is 2. The molecule has 0 atom stereocenters. The van der Waals surface area contributed by atoms with E-state index in [-0.39, 0.29) is 23.6 Å². The van der Waals surface area contributed by atoms with Gasteiger partial charge >= 0.3 is 5.69 Å². The minimum atomic E-state index is -0.363. The SMILES string of the molecule is Cn1cc(CNCCC(=O)Nc2ccc(Br)cc2)c(=O)n(C)c1=O. The first kappa shape index (κ1) is 18.2. The van der Waals surface area contributed by atoms with Crippen molar-refractivity contribution in [3.8, 4) is 0 Å². The van der Waals surface area contributed by atoms with E-state index in [1.807, 2.05) is 24.3 Å². The van der Waals surface area contributed by atoms with Crippen molar-refractivity contribution in [1.82, 2.24) is 14.5 Å². The molecule has 0 aliphatic carbocycles. The van der Waals surface area contributed by atoms with Crippen LogP contribution < -0.4 is 21.9 Å². The minimum Gasteiger partial charge on any atom is -0.326 e. The number of halogens is 1. The zero-order chi connectivity index (χ0) is 17.7. The summed E-state index contributed by atoms with van der Waals surface area (Å²) in [7, 11) is 3.04. The van der Waals surface area contributed by atoms with Gasteiger partial charge in [0.1, 0.15) is 0 Å². The highest BCUT2D eigenvalue weighted by Gasteiger charge is 2.07. The largest absolute Gasteiger partial charge is 0.330 e. The first-order chi connectivity index (χ1) is 11.4. The molecule has 7 nitrogen and oxygen atoms in total. The van der Waals surface area contributed by atoms with Crippen LogP contribution in [-0.4, -0.2) is 21.6 Å². The molecule has 2 aromatic rings. The summed E-state index contributed by atoms with van der Waals surface area (Å²) in [5.74, 6) is -0.113. The quantitative estimate of drug-likeness (QED) is 0.714. The highest BCUT2D eigenvalue weighted by Crippen LogP contribution is 2.14. The second kappa shape index (κ2) is 8.07. The Labute approximate surface area is 147 Å². The third kappa shape index (κ3) is 4.65. The van der Waals surface area contributed by atoms with Gasteiger partial charge in [0.05, 0.1) is 0 Å². The fourth-order valence-electron chi connectivity index (χ4n) is 2.19. The molecule has 1 amide bonds. The van der Waals surface area contributed by atoms with Crippen molar-refractivity contribution in [3.05, 3.63) is 61.3 Å². The number of amides is 1. The fourth-order valence-corrected chi connectivity index (χ4v) is 2.45. The maximum atomic E-state index is 12.0. The highest BCUT2D eigenvalue weighted by atomic mass is 79.9. The number of aryl methyl sites for hydroxylation is 1. The van der Waals surface area contributed by atoms with Crippen molar-refractivity contribution in [2.75, 3.05) is 11.9 Å². The van der Waals surface area contributed by atoms with E-state index in [0.29, 0.717) is 18.7 Å². The van der Waals surface area contributed by atoms with Crippen LogP contribution in [0.2, 0.25) is 0 Å². The first-order valence-electron chi connectivity index (χ1n) is 7.40. The lowest BCUT2D eigenvalue weighted by molar-refractivity contribution is -0.116.